The maximum atomic E-state index is 14.5. The van der Waals surface area contributed by atoms with E-state index in [2.05, 4.69) is 0 Å². The fraction of sp³-hybridized carbons (Fsp3) is 0.641. The van der Waals surface area contributed by atoms with Gasteiger partial charge in [-0.05, 0) is 92.8 Å². The summed E-state index contributed by atoms with van der Waals surface area (Å²) < 4.78 is 28.6. The standard InChI is InChI=1S/C39H40O14/c1-15-7-8-49-25(40)5-6-26(41)50-13-17-18-11-23-34(3,19-9-22(19)37(23,47)14-51-30(15)42)24-12-36(46)21-10-20(21)35(4)29(36)28(38(18,24)52-32(17)44)27-16(2)31(43)53-39(27,48)33(35)45/h7,19-24,46-48H,5-6,8-14H2,1-4H3/b15-7+. The van der Waals surface area contributed by atoms with Gasteiger partial charge in [-0.1, -0.05) is 6.92 Å². The third-order valence-electron chi connectivity index (χ3n) is 15.4. The third kappa shape index (κ3) is 3.62. The minimum Gasteiger partial charge on any atom is -0.461 e. The number of carbonyl (C=O) groups is 6. The van der Waals surface area contributed by atoms with Crippen molar-refractivity contribution in [3.05, 3.63) is 45.1 Å². The van der Waals surface area contributed by atoms with Gasteiger partial charge >= 0.3 is 29.8 Å². The molecule has 7 aliphatic carbocycles. The molecule has 14 heteroatoms. The Kier molecular flexibility index (Phi) is 6.15. The van der Waals surface area contributed by atoms with Crippen LogP contribution in [0.4, 0.5) is 0 Å². The summed E-state index contributed by atoms with van der Waals surface area (Å²) >= 11 is 0. The van der Waals surface area contributed by atoms with Gasteiger partial charge in [-0.15, -0.1) is 0 Å². The minimum atomic E-state index is -2.70. The molecule has 0 amide bonds. The fourth-order valence-corrected chi connectivity index (χ4v) is 12.9. The first-order valence-corrected chi connectivity index (χ1v) is 18.4. The first-order chi connectivity index (χ1) is 24.9. The second-order valence-electron chi connectivity index (χ2n) is 17.4. The van der Waals surface area contributed by atoms with Crippen LogP contribution in [0.3, 0.4) is 0 Å². The van der Waals surface area contributed by atoms with E-state index in [9.17, 15) is 44.1 Å². The lowest BCUT2D eigenvalue weighted by molar-refractivity contribution is -0.202. The van der Waals surface area contributed by atoms with Crippen molar-refractivity contribution in [2.45, 2.75) is 88.8 Å². The number of ether oxygens (including phenoxy) is 5. The molecule has 12 atom stereocenters. The van der Waals surface area contributed by atoms with Crippen molar-refractivity contribution in [3.8, 4) is 0 Å². The van der Waals surface area contributed by atoms with Crippen molar-refractivity contribution >= 4 is 35.6 Å². The molecule has 0 aromatic rings. The maximum absolute atomic E-state index is 14.5. The summed E-state index contributed by atoms with van der Waals surface area (Å²) in [5.74, 6) is -10.0. The number of hydrogen-bond donors (Lipinski definition) is 3. The van der Waals surface area contributed by atoms with Gasteiger partial charge in [0.1, 0.15) is 25.4 Å². The van der Waals surface area contributed by atoms with Crippen molar-refractivity contribution < 1.29 is 67.8 Å². The van der Waals surface area contributed by atoms with Crippen LogP contribution >= 0.6 is 0 Å². The van der Waals surface area contributed by atoms with E-state index in [0.717, 1.165) is 0 Å². The third-order valence-corrected chi connectivity index (χ3v) is 15.4. The summed E-state index contributed by atoms with van der Waals surface area (Å²) in [6.45, 7) is 5.45. The number of Topliss-reactive ketones (excluding diaryl/α,β-unsaturated/α-hetero) is 1. The number of hydrogen-bond acceptors (Lipinski definition) is 14. The molecule has 0 saturated heterocycles. The summed E-state index contributed by atoms with van der Waals surface area (Å²) in [5.41, 5.74) is -6.43. The van der Waals surface area contributed by atoms with Gasteiger partial charge in [0.2, 0.25) is 5.78 Å². The van der Waals surface area contributed by atoms with Gasteiger partial charge in [-0.25, -0.2) is 14.4 Å². The summed E-state index contributed by atoms with van der Waals surface area (Å²) in [6.07, 6.45) is 1.83. The van der Waals surface area contributed by atoms with Crippen molar-refractivity contribution in [2.24, 2.45) is 46.3 Å². The molecule has 10 rings (SSSR count). The highest BCUT2D eigenvalue weighted by atomic mass is 16.7. The van der Waals surface area contributed by atoms with Crippen LogP contribution in [-0.2, 0) is 52.5 Å². The highest BCUT2D eigenvalue weighted by Gasteiger charge is 2.87. The highest BCUT2D eigenvalue weighted by molar-refractivity contribution is 6.10. The Bertz CT molecular complexity index is 2070. The van der Waals surface area contributed by atoms with Gasteiger partial charge < -0.3 is 39.0 Å². The van der Waals surface area contributed by atoms with Gasteiger partial charge in [0, 0.05) is 34.1 Å². The van der Waals surface area contributed by atoms with E-state index in [-0.39, 0.29) is 90.4 Å². The van der Waals surface area contributed by atoms with Gasteiger partial charge in [0.25, 0.3) is 5.79 Å². The van der Waals surface area contributed by atoms with Crippen LogP contribution in [0, 0.1) is 46.3 Å². The molecular weight excluding hydrogens is 692 g/mol. The topological polar surface area (TPSA) is 209 Å². The van der Waals surface area contributed by atoms with Gasteiger partial charge in [0.15, 0.2) is 5.60 Å². The molecule has 2 bridgehead atoms. The van der Waals surface area contributed by atoms with Crippen molar-refractivity contribution in [3.63, 3.8) is 0 Å². The van der Waals surface area contributed by atoms with Crippen LogP contribution in [0.5, 0.6) is 0 Å². The van der Waals surface area contributed by atoms with Gasteiger partial charge in [-0.3, -0.25) is 14.4 Å². The SMILES string of the molecule is CC1=C2C3=C4C(O)(CC5C36OC(=O)C3=C6CC6C(O)(COC(=O)/C(C)=C/COC(=O)CCC(=O)OC3)C3CC3C56C)C3CC3C4(C)C(=O)C2(O)OC1=O. The first-order valence-electron chi connectivity index (χ1n) is 18.4. The molecule has 3 heterocycles. The molecule has 53 heavy (non-hydrogen) atoms. The number of cyclic esters (lactones) is 3. The molecule has 14 nitrogen and oxygen atoms in total. The molecule has 12 unspecified atom stereocenters. The lowest BCUT2D eigenvalue weighted by Gasteiger charge is -2.63. The first kappa shape index (κ1) is 33.4. The zero-order valence-corrected chi connectivity index (χ0v) is 29.7. The quantitative estimate of drug-likeness (QED) is 0.236. The van der Waals surface area contributed by atoms with Gasteiger partial charge in [0.05, 0.1) is 29.4 Å². The van der Waals surface area contributed by atoms with Gasteiger partial charge in [-0.2, -0.15) is 0 Å². The van der Waals surface area contributed by atoms with Crippen LogP contribution in [0.15, 0.2) is 45.1 Å². The summed E-state index contributed by atoms with van der Waals surface area (Å²) in [4.78, 5) is 80.7. The van der Waals surface area contributed by atoms with Crippen molar-refractivity contribution in [2.75, 3.05) is 19.8 Å². The van der Waals surface area contributed by atoms with E-state index < -0.39 is 87.5 Å². The molecule has 0 radical (unpaired) electrons. The summed E-state index contributed by atoms with van der Waals surface area (Å²) in [7, 11) is 0. The second kappa shape index (κ2) is 9.74. The smallest absolute Gasteiger partial charge is 0.338 e. The number of aliphatic hydroxyl groups is 3. The monoisotopic (exact) mass is 732 g/mol. The number of esters is 5. The second-order valence-corrected chi connectivity index (χ2v) is 17.4. The van der Waals surface area contributed by atoms with Crippen molar-refractivity contribution in [1.82, 2.24) is 0 Å². The molecule has 1 spiro atoms. The summed E-state index contributed by atoms with van der Waals surface area (Å²) in [6, 6.07) is 0. The molecule has 0 aromatic heterocycles. The average molecular weight is 733 g/mol. The zero-order valence-electron chi connectivity index (χ0n) is 29.7. The molecule has 0 aromatic carbocycles. The fourth-order valence-electron chi connectivity index (χ4n) is 12.9. The van der Waals surface area contributed by atoms with E-state index in [4.69, 9.17) is 23.7 Å². The normalized spacial score (nSPS) is 50.3. The van der Waals surface area contributed by atoms with E-state index in [0.29, 0.717) is 24.0 Å². The van der Waals surface area contributed by atoms with Crippen LogP contribution in [0.1, 0.15) is 66.2 Å². The Morgan fingerprint density at radius 1 is 0.755 bits per heavy atom. The number of carbonyl (C=O) groups excluding carboxylic acids is 6. The number of fused-ring (bicyclic) bond motifs is 9. The Labute approximate surface area is 303 Å². The van der Waals surface area contributed by atoms with Crippen LogP contribution in [-0.4, -0.2) is 93.4 Å². The Morgan fingerprint density at radius 2 is 1.45 bits per heavy atom. The van der Waals surface area contributed by atoms with Crippen LogP contribution in [0.2, 0.25) is 0 Å². The van der Waals surface area contributed by atoms with E-state index >= 15 is 0 Å². The molecule has 3 N–H and O–H groups in total. The average Bonchev–Trinajstić information content (AvgIpc) is 4.01. The Balaban J connectivity index is 1.22. The van der Waals surface area contributed by atoms with Crippen LogP contribution < -0.4 is 0 Å². The Morgan fingerprint density at radius 3 is 2.19 bits per heavy atom. The van der Waals surface area contributed by atoms with Crippen LogP contribution in [0.25, 0.3) is 0 Å². The molecule has 5 fully saturated rings. The minimum absolute atomic E-state index is 0.0138. The highest BCUT2D eigenvalue weighted by Crippen LogP contribution is 2.84. The number of ketones is 1. The van der Waals surface area contributed by atoms with E-state index in [1.165, 1.54) is 19.9 Å². The largest absolute Gasteiger partial charge is 0.461 e. The van der Waals surface area contributed by atoms with Crippen molar-refractivity contribution in [1.29, 1.82) is 0 Å². The Hall–Kier alpha value is -4.14. The molecular formula is C39H40O14. The molecule has 10 aliphatic rings. The van der Waals surface area contributed by atoms with E-state index in [1.54, 1.807) is 6.92 Å². The lowest BCUT2D eigenvalue weighted by atomic mass is 9.42. The maximum Gasteiger partial charge on any atom is 0.338 e. The summed E-state index contributed by atoms with van der Waals surface area (Å²) in [5, 5.41) is 38.0. The zero-order chi connectivity index (χ0) is 37.6. The molecule has 280 valence electrons. The molecule has 3 aliphatic heterocycles. The lowest BCUT2D eigenvalue weighted by Crippen LogP contribution is -2.68. The number of rotatable bonds is 0. The molecule has 5 saturated carbocycles. The predicted molar refractivity (Wildman–Crippen MR) is 173 cm³/mol. The predicted octanol–water partition coefficient (Wildman–Crippen LogP) is 1.20. The van der Waals surface area contributed by atoms with E-state index in [1.807, 2.05) is 6.92 Å².